The van der Waals surface area contributed by atoms with Crippen molar-refractivity contribution in [2.45, 2.75) is 26.2 Å². The second-order valence-corrected chi connectivity index (χ2v) is 4.86. The monoisotopic (exact) mass is 318 g/mol. The molecular formula is C11H15BrN2O4. The lowest BCUT2D eigenvalue weighted by atomic mass is 10.3. The zero-order valence-electron chi connectivity index (χ0n) is 10.3. The number of hydrogen-bond donors (Lipinski definition) is 0. The normalized spacial score (nSPS) is 18.7. The van der Waals surface area contributed by atoms with Gasteiger partial charge in [-0.3, -0.25) is 13.9 Å². The van der Waals surface area contributed by atoms with Crippen LogP contribution < -0.4 is 11.2 Å². The van der Waals surface area contributed by atoms with Crippen LogP contribution in [0.4, 0.5) is 0 Å². The number of nitrogens with zero attached hydrogens (tertiary/aromatic N) is 2. The Labute approximate surface area is 112 Å². The van der Waals surface area contributed by atoms with E-state index in [9.17, 15) is 9.59 Å². The first-order valence-corrected chi connectivity index (χ1v) is 6.59. The molecule has 0 N–H and O–H groups in total. The van der Waals surface area contributed by atoms with E-state index in [0.29, 0.717) is 29.9 Å². The zero-order chi connectivity index (χ0) is 13.3. The second-order valence-electron chi connectivity index (χ2n) is 4.07. The summed E-state index contributed by atoms with van der Waals surface area (Å²) in [7, 11) is 1.46. The van der Waals surface area contributed by atoms with E-state index in [2.05, 4.69) is 15.9 Å². The lowest BCUT2D eigenvalue weighted by Crippen LogP contribution is -2.44. The number of halogens is 1. The van der Waals surface area contributed by atoms with Gasteiger partial charge in [-0.05, 0) is 22.4 Å². The first-order valence-electron chi connectivity index (χ1n) is 5.80. The fourth-order valence-electron chi connectivity index (χ4n) is 1.87. The highest BCUT2D eigenvalue weighted by Gasteiger charge is 2.27. The molecule has 1 aromatic heterocycles. The average molecular weight is 319 g/mol. The standard InChI is InChI=1S/C11H15BrN2O4/c1-3-5-17-10-8-7(12)9(15)13(2)11(16)14(8)4-6-18-10/h10H,3-6H2,1-2H3. The number of hydrogen-bond acceptors (Lipinski definition) is 4. The Morgan fingerprint density at radius 3 is 2.89 bits per heavy atom. The molecule has 2 rings (SSSR count). The summed E-state index contributed by atoms with van der Waals surface area (Å²) in [5.41, 5.74) is -0.240. The molecule has 1 aliphatic heterocycles. The smallest absolute Gasteiger partial charge is 0.331 e. The molecule has 0 fully saturated rings. The average Bonchev–Trinajstić information content (AvgIpc) is 2.40. The molecule has 0 saturated heterocycles. The molecule has 18 heavy (non-hydrogen) atoms. The highest BCUT2D eigenvalue weighted by Crippen LogP contribution is 2.26. The van der Waals surface area contributed by atoms with Gasteiger partial charge in [0.25, 0.3) is 5.56 Å². The van der Waals surface area contributed by atoms with Crippen LogP contribution in [-0.2, 0) is 23.1 Å². The summed E-state index contributed by atoms with van der Waals surface area (Å²) in [4.78, 5) is 23.9. The summed E-state index contributed by atoms with van der Waals surface area (Å²) in [6.07, 6.45) is 0.182. The van der Waals surface area contributed by atoms with Crippen molar-refractivity contribution in [2.24, 2.45) is 7.05 Å². The van der Waals surface area contributed by atoms with Crippen molar-refractivity contribution in [1.82, 2.24) is 9.13 Å². The van der Waals surface area contributed by atoms with Crippen LogP contribution in [0, 0.1) is 0 Å². The van der Waals surface area contributed by atoms with Gasteiger partial charge in [0.1, 0.15) is 4.47 Å². The van der Waals surface area contributed by atoms with Gasteiger partial charge in [0.05, 0.1) is 18.8 Å². The maximum Gasteiger partial charge on any atom is 0.331 e. The predicted octanol–water partition coefficient (Wildman–Crippen LogP) is 0.765. The van der Waals surface area contributed by atoms with E-state index in [1.165, 1.54) is 11.6 Å². The summed E-state index contributed by atoms with van der Waals surface area (Å²) in [5, 5.41) is 0. The van der Waals surface area contributed by atoms with Gasteiger partial charge in [0.15, 0.2) is 0 Å². The minimum Gasteiger partial charge on any atom is -0.347 e. The Bertz CT molecular complexity index is 563. The maximum atomic E-state index is 12.0. The van der Waals surface area contributed by atoms with Crippen LogP contribution in [-0.4, -0.2) is 22.3 Å². The summed E-state index contributed by atoms with van der Waals surface area (Å²) in [5.74, 6) is 0. The van der Waals surface area contributed by atoms with Crippen molar-refractivity contribution in [3.05, 3.63) is 31.0 Å². The van der Waals surface area contributed by atoms with Crippen LogP contribution in [0.15, 0.2) is 14.1 Å². The maximum absolute atomic E-state index is 12.0. The van der Waals surface area contributed by atoms with E-state index >= 15 is 0 Å². The van der Waals surface area contributed by atoms with Crippen LogP contribution in [0.1, 0.15) is 25.3 Å². The molecule has 0 aromatic carbocycles. The molecule has 1 aromatic rings. The Morgan fingerprint density at radius 2 is 2.22 bits per heavy atom. The lowest BCUT2D eigenvalue weighted by Gasteiger charge is -2.28. The fraction of sp³-hybridized carbons (Fsp3) is 0.636. The highest BCUT2D eigenvalue weighted by atomic mass is 79.9. The summed E-state index contributed by atoms with van der Waals surface area (Å²) in [6.45, 7) is 3.31. The Hall–Kier alpha value is -0.920. The van der Waals surface area contributed by atoms with Crippen molar-refractivity contribution in [2.75, 3.05) is 13.2 Å². The van der Waals surface area contributed by atoms with E-state index in [4.69, 9.17) is 9.47 Å². The van der Waals surface area contributed by atoms with Crippen molar-refractivity contribution >= 4 is 15.9 Å². The van der Waals surface area contributed by atoms with Gasteiger partial charge in [-0.2, -0.15) is 0 Å². The van der Waals surface area contributed by atoms with Gasteiger partial charge < -0.3 is 9.47 Å². The third kappa shape index (κ3) is 2.17. The molecule has 0 bridgehead atoms. The minimum atomic E-state index is -0.658. The molecule has 0 amide bonds. The SMILES string of the molecule is CCCOC1OCCn2c1c(Br)c(=O)n(C)c2=O. The van der Waals surface area contributed by atoms with E-state index in [1.54, 1.807) is 0 Å². The molecule has 1 aliphatic rings. The number of fused-ring (bicyclic) bond motifs is 1. The molecule has 100 valence electrons. The van der Waals surface area contributed by atoms with E-state index in [1.807, 2.05) is 6.92 Å². The molecule has 0 radical (unpaired) electrons. The Balaban J connectivity index is 2.56. The van der Waals surface area contributed by atoms with Crippen molar-refractivity contribution in [3.8, 4) is 0 Å². The zero-order valence-corrected chi connectivity index (χ0v) is 11.9. The third-order valence-electron chi connectivity index (χ3n) is 2.81. The highest BCUT2D eigenvalue weighted by molar-refractivity contribution is 9.10. The molecule has 6 nitrogen and oxygen atoms in total. The lowest BCUT2D eigenvalue weighted by molar-refractivity contribution is -0.165. The quantitative estimate of drug-likeness (QED) is 0.825. The van der Waals surface area contributed by atoms with Crippen LogP contribution in [0.2, 0.25) is 0 Å². The Kier molecular flexibility index (Phi) is 4.04. The van der Waals surface area contributed by atoms with Crippen LogP contribution in [0.25, 0.3) is 0 Å². The summed E-state index contributed by atoms with van der Waals surface area (Å²) >= 11 is 3.23. The van der Waals surface area contributed by atoms with Gasteiger partial charge in [0.2, 0.25) is 6.29 Å². The summed E-state index contributed by atoms with van der Waals surface area (Å²) in [6, 6.07) is 0. The molecule has 1 unspecified atom stereocenters. The van der Waals surface area contributed by atoms with Gasteiger partial charge in [-0.15, -0.1) is 0 Å². The molecular weight excluding hydrogens is 304 g/mol. The summed E-state index contributed by atoms with van der Waals surface area (Å²) < 4.78 is 13.9. The largest absolute Gasteiger partial charge is 0.347 e. The van der Waals surface area contributed by atoms with Crippen LogP contribution >= 0.6 is 15.9 Å². The molecule has 0 saturated carbocycles. The first-order chi connectivity index (χ1) is 8.57. The van der Waals surface area contributed by atoms with E-state index < -0.39 is 6.29 Å². The molecule has 2 heterocycles. The van der Waals surface area contributed by atoms with Crippen molar-refractivity contribution in [3.63, 3.8) is 0 Å². The molecule has 1 atom stereocenters. The molecule has 0 spiro atoms. The van der Waals surface area contributed by atoms with Crippen LogP contribution in [0.3, 0.4) is 0 Å². The Morgan fingerprint density at radius 1 is 1.50 bits per heavy atom. The van der Waals surface area contributed by atoms with Gasteiger partial charge in [-0.25, -0.2) is 4.79 Å². The second kappa shape index (κ2) is 5.38. The van der Waals surface area contributed by atoms with Crippen molar-refractivity contribution < 1.29 is 9.47 Å². The molecule has 7 heteroatoms. The number of ether oxygens (including phenoxy) is 2. The fourth-order valence-corrected chi connectivity index (χ4v) is 2.54. The topological polar surface area (TPSA) is 62.5 Å². The number of aromatic nitrogens is 2. The van der Waals surface area contributed by atoms with E-state index in [-0.39, 0.29) is 11.2 Å². The van der Waals surface area contributed by atoms with Crippen molar-refractivity contribution in [1.29, 1.82) is 0 Å². The van der Waals surface area contributed by atoms with Gasteiger partial charge in [0, 0.05) is 13.7 Å². The first kappa shape index (κ1) is 13.5. The van der Waals surface area contributed by atoms with Gasteiger partial charge in [-0.1, -0.05) is 6.92 Å². The predicted molar refractivity (Wildman–Crippen MR) is 68.6 cm³/mol. The van der Waals surface area contributed by atoms with Crippen LogP contribution in [0.5, 0.6) is 0 Å². The van der Waals surface area contributed by atoms with Gasteiger partial charge >= 0.3 is 5.69 Å². The molecule has 0 aliphatic carbocycles. The van der Waals surface area contributed by atoms with E-state index in [0.717, 1.165) is 11.0 Å². The number of rotatable bonds is 3. The minimum absolute atomic E-state index is 0.324. The third-order valence-corrected chi connectivity index (χ3v) is 3.55.